The van der Waals surface area contributed by atoms with E-state index < -0.39 is 11.7 Å². The molecule has 0 saturated heterocycles. The van der Waals surface area contributed by atoms with E-state index in [-0.39, 0.29) is 12.4 Å². The van der Waals surface area contributed by atoms with E-state index in [1.807, 2.05) is 0 Å². The second-order valence-corrected chi connectivity index (χ2v) is 4.51. The van der Waals surface area contributed by atoms with Gasteiger partial charge in [0.1, 0.15) is 0 Å². The number of alkyl halides is 3. The molecule has 0 saturated carbocycles. The quantitative estimate of drug-likeness (QED) is 0.790. The molecule has 3 rings (SSSR count). The molecule has 0 aliphatic carbocycles. The molecular weight excluding hydrogens is 281 g/mol. The largest absolute Gasteiger partial charge is 0.416 e. The lowest BCUT2D eigenvalue weighted by Crippen LogP contribution is -2.05. The Morgan fingerprint density at radius 2 is 1.86 bits per heavy atom. The summed E-state index contributed by atoms with van der Waals surface area (Å²) in [5, 5.41) is 4.24. The molecule has 0 atom stereocenters. The Balaban J connectivity index is 2.13. The minimum absolute atomic E-state index is 0.238. The molecule has 2 heterocycles. The van der Waals surface area contributed by atoms with E-state index in [1.54, 1.807) is 24.3 Å². The van der Waals surface area contributed by atoms with Crippen molar-refractivity contribution in [1.82, 2.24) is 14.6 Å². The van der Waals surface area contributed by atoms with Crippen molar-refractivity contribution in [3.63, 3.8) is 0 Å². The van der Waals surface area contributed by atoms with Crippen LogP contribution in [0.2, 0.25) is 0 Å². The van der Waals surface area contributed by atoms with Crippen molar-refractivity contribution in [2.24, 2.45) is 5.73 Å². The molecule has 0 amide bonds. The molecule has 2 N–H and O–H groups in total. The lowest BCUT2D eigenvalue weighted by atomic mass is 10.1. The van der Waals surface area contributed by atoms with Gasteiger partial charge in [0, 0.05) is 12.1 Å². The van der Waals surface area contributed by atoms with Gasteiger partial charge in [-0.25, -0.2) is 9.50 Å². The predicted octanol–water partition coefficient (Wildman–Crippen LogP) is 2.87. The van der Waals surface area contributed by atoms with Gasteiger partial charge in [-0.1, -0.05) is 18.2 Å². The molecule has 0 radical (unpaired) electrons. The second-order valence-electron chi connectivity index (χ2n) is 4.51. The van der Waals surface area contributed by atoms with Gasteiger partial charge in [0.25, 0.3) is 0 Å². The van der Waals surface area contributed by atoms with Gasteiger partial charge in [-0.15, -0.1) is 5.10 Å². The van der Waals surface area contributed by atoms with Gasteiger partial charge in [0.15, 0.2) is 11.5 Å². The standard InChI is InChI=1S/C14H11F3N4/c15-14(16,17)10-4-1-3-9(7-10)13-19-12-6-2-5-11(8-18)21(12)20-13/h1-7H,8,18H2. The highest BCUT2D eigenvalue weighted by Gasteiger charge is 2.30. The van der Waals surface area contributed by atoms with Gasteiger partial charge in [-0.3, -0.25) is 0 Å². The lowest BCUT2D eigenvalue weighted by Gasteiger charge is -2.06. The number of aromatic nitrogens is 3. The minimum Gasteiger partial charge on any atom is -0.325 e. The van der Waals surface area contributed by atoms with Gasteiger partial charge < -0.3 is 5.73 Å². The van der Waals surface area contributed by atoms with Crippen LogP contribution < -0.4 is 5.73 Å². The molecule has 0 bridgehead atoms. The number of benzene rings is 1. The molecule has 0 spiro atoms. The van der Waals surface area contributed by atoms with E-state index in [9.17, 15) is 13.2 Å². The van der Waals surface area contributed by atoms with Gasteiger partial charge in [0.2, 0.25) is 0 Å². The van der Waals surface area contributed by atoms with Gasteiger partial charge in [-0.05, 0) is 24.3 Å². The van der Waals surface area contributed by atoms with Crippen LogP contribution in [0.4, 0.5) is 13.2 Å². The maximum absolute atomic E-state index is 12.7. The Bertz CT molecular complexity index is 792. The summed E-state index contributed by atoms with van der Waals surface area (Å²) in [5.41, 5.74) is 6.48. The van der Waals surface area contributed by atoms with Crippen molar-refractivity contribution in [3.05, 3.63) is 53.7 Å². The number of fused-ring (bicyclic) bond motifs is 1. The second kappa shape index (κ2) is 4.85. The van der Waals surface area contributed by atoms with Crippen molar-refractivity contribution in [2.75, 3.05) is 0 Å². The highest BCUT2D eigenvalue weighted by Crippen LogP contribution is 2.31. The van der Waals surface area contributed by atoms with Gasteiger partial charge >= 0.3 is 6.18 Å². The number of hydrogen-bond acceptors (Lipinski definition) is 3. The fraction of sp³-hybridized carbons (Fsp3) is 0.143. The number of rotatable bonds is 2. The Kier molecular flexibility index (Phi) is 3.13. The van der Waals surface area contributed by atoms with Crippen LogP contribution in [0.3, 0.4) is 0 Å². The summed E-state index contributed by atoms with van der Waals surface area (Å²) < 4.78 is 39.8. The van der Waals surface area contributed by atoms with Crippen LogP contribution in [0, 0.1) is 0 Å². The van der Waals surface area contributed by atoms with Gasteiger partial charge in [0.05, 0.1) is 11.3 Å². The van der Waals surface area contributed by atoms with Crippen LogP contribution in [0.15, 0.2) is 42.5 Å². The number of halogens is 3. The summed E-state index contributed by atoms with van der Waals surface area (Å²) >= 11 is 0. The molecule has 2 aromatic heterocycles. The highest BCUT2D eigenvalue weighted by molar-refractivity contribution is 5.59. The van der Waals surface area contributed by atoms with Crippen LogP contribution in [-0.2, 0) is 12.7 Å². The first kappa shape index (κ1) is 13.6. The molecular formula is C14H11F3N4. The van der Waals surface area contributed by atoms with E-state index in [2.05, 4.69) is 10.1 Å². The molecule has 0 fully saturated rings. The normalized spacial score (nSPS) is 12.0. The summed E-state index contributed by atoms with van der Waals surface area (Å²) in [6.45, 7) is 0.267. The van der Waals surface area contributed by atoms with Crippen LogP contribution in [0.1, 0.15) is 11.3 Å². The SMILES string of the molecule is NCc1cccc2nc(-c3cccc(C(F)(F)F)c3)nn12. The fourth-order valence-electron chi connectivity index (χ4n) is 2.07. The zero-order valence-electron chi connectivity index (χ0n) is 10.8. The van der Waals surface area contributed by atoms with Crippen molar-refractivity contribution in [2.45, 2.75) is 12.7 Å². The molecule has 4 nitrogen and oxygen atoms in total. The van der Waals surface area contributed by atoms with Crippen molar-refractivity contribution >= 4 is 5.65 Å². The summed E-state index contributed by atoms with van der Waals surface area (Å²) in [6.07, 6.45) is -4.39. The Morgan fingerprint density at radius 3 is 2.57 bits per heavy atom. The monoisotopic (exact) mass is 292 g/mol. The smallest absolute Gasteiger partial charge is 0.325 e. The Hall–Kier alpha value is -2.41. The minimum atomic E-state index is -4.39. The molecule has 7 heteroatoms. The van der Waals surface area contributed by atoms with E-state index in [1.165, 1.54) is 10.6 Å². The first-order chi connectivity index (χ1) is 9.99. The van der Waals surface area contributed by atoms with Crippen LogP contribution >= 0.6 is 0 Å². The predicted molar refractivity (Wildman–Crippen MR) is 71.3 cm³/mol. The first-order valence-electron chi connectivity index (χ1n) is 6.21. The maximum Gasteiger partial charge on any atom is 0.416 e. The topological polar surface area (TPSA) is 56.2 Å². The van der Waals surface area contributed by atoms with Crippen LogP contribution in [0.25, 0.3) is 17.0 Å². The molecule has 3 aromatic rings. The summed E-state index contributed by atoms with van der Waals surface area (Å²) in [4.78, 5) is 4.24. The molecule has 0 aliphatic heterocycles. The zero-order chi connectivity index (χ0) is 15.0. The van der Waals surface area contributed by atoms with Crippen molar-refractivity contribution < 1.29 is 13.2 Å². The number of nitrogens with two attached hydrogens (primary N) is 1. The zero-order valence-corrected chi connectivity index (χ0v) is 10.8. The molecule has 0 aliphatic rings. The first-order valence-corrected chi connectivity index (χ1v) is 6.21. The Labute approximate surface area is 118 Å². The van der Waals surface area contributed by atoms with E-state index in [0.29, 0.717) is 11.2 Å². The fourth-order valence-corrected chi connectivity index (χ4v) is 2.07. The molecule has 1 aromatic carbocycles. The third-order valence-corrected chi connectivity index (χ3v) is 3.10. The average molecular weight is 292 g/mol. The maximum atomic E-state index is 12.7. The average Bonchev–Trinajstić information content (AvgIpc) is 2.90. The van der Waals surface area contributed by atoms with Crippen LogP contribution in [-0.4, -0.2) is 14.6 Å². The number of pyridine rings is 1. The van der Waals surface area contributed by atoms with Crippen molar-refractivity contribution in [1.29, 1.82) is 0 Å². The number of nitrogens with zero attached hydrogens (tertiary/aromatic N) is 3. The third-order valence-electron chi connectivity index (χ3n) is 3.10. The molecule has 0 unspecified atom stereocenters. The van der Waals surface area contributed by atoms with E-state index >= 15 is 0 Å². The number of hydrogen-bond donors (Lipinski definition) is 1. The van der Waals surface area contributed by atoms with Gasteiger partial charge in [-0.2, -0.15) is 13.2 Å². The van der Waals surface area contributed by atoms with Crippen LogP contribution in [0.5, 0.6) is 0 Å². The van der Waals surface area contributed by atoms with E-state index in [0.717, 1.165) is 17.8 Å². The van der Waals surface area contributed by atoms with Crippen molar-refractivity contribution in [3.8, 4) is 11.4 Å². The highest BCUT2D eigenvalue weighted by atomic mass is 19.4. The third kappa shape index (κ3) is 2.47. The summed E-state index contributed by atoms with van der Waals surface area (Å²) in [6, 6.07) is 10.2. The molecule has 21 heavy (non-hydrogen) atoms. The van der Waals surface area contributed by atoms with E-state index in [4.69, 9.17) is 5.73 Å². The summed E-state index contributed by atoms with van der Waals surface area (Å²) in [5.74, 6) is 0.238. The lowest BCUT2D eigenvalue weighted by molar-refractivity contribution is -0.137. The summed E-state index contributed by atoms with van der Waals surface area (Å²) in [7, 11) is 0. The molecule has 108 valence electrons. The Morgan fingerprint density at radius 1 is 1.10 bits per heavy atom.